The zero-order valence-corrected chi connectivity index (χ0v) is 16.9. The number of thioether (sulfide) groups is 1. The van der Waals surface area contributed by atoms with E-state index in [2.05, 4.69) is 5.32 Å². The number of aliphatic hydroxyl groups is 2. The van der Waals surface area contributed by atoms with Gasteiger partial charge in [-0.1, -0.05) is 19.1 Å². The van der Waals surface area contributed by atoms with E-state index in [0.717, 1.165) is 10.5 Å². The molecule has 0 aliphatic rings. The predicted molar refractivity (Wildman–Crippen MR) is 111 cm³/mol. The number of amides is 1. The lowest BCUT2D eigenvalue weighted by atomic mass is 9.94. The number of ether oxygens (including phenoxy) is 2. The molecule has 2 atom stereocenters. The molecule has 0 aliphatic heterocycles. The molecular weight excluding hydrogens is 378 g/mol. The van der Waals surface area contributed by atoms with Crippen LogP contribution in [0.2, 0.25) is 0 Å². The minimum Gasteiger partial charge on any atom is -0.491 e. The molecule has 0 spiro atoms. The fraction of sp³-hybridized carbons (Fsp3) is 0.381. The van der Waals surface area contributed by atoms with Crippen molar-refractivity contribution < 1.29 is 24.5 Å². The fourth-order valence-electron chi connectivity index (χ4n) is 2.72. The van der Waals surface area contributed by atoms with Gasteiger partial charge in [-0.2, -0.15) is 0 Å². The summed E-state index contributed by atoms with van der Waals surface area (Å²) in [7, 11) is 0. The van der Waals surface area contributed by atoms with E-state index < -0.39 is 12.2 Å². The van der Waals surface area contributed by atoms with Crippen molar-refractivity contribution in [2.75, 3.05) is 31.4 Å². The number of anilines is 1. The first-order valence-electron chi connectivity index (χ1n) is 9.13. The molecule has 0 aromatic heterocycles. The van der Waals surface area contributed by atoms with Gasteiger partial charge in [-0.05, 0) is 60.6 Å². The fourth-order valence-corrected chi connectivity index (χ4v) is 3.13. The largest absolute Gasteiger partial charge is 0.491 e. The van der Waals surface area contributed by atoms with E-state index in [0.29, 0.717) is 17.9 Å². The second kappa shape index (κ2) is 11.6. The van der Waals surface area contributed by atoms with Gasteiger partial charge in [-0.15, -0.1) is 11.8 Å². The first-order valence-corrected chi connectivity index (χ1v) is 10.4. The van der Waals surface area contributed by atoms with Crippen molar-refractivity contribution in [1.29, 1.82) is 0 Å². The number of hydrogen-bond donors (Lipinski definition) is 3. The van der Waals surface area contributed by atoms with Crippen molar-refractivity contribution in [3.63, 3.8) is 0 Å². The van der Waals surface area contributed by atoms with Crippen LogP contribution in [-0.2, 0) is 4.74 Å². The van der Waals surface area contributed by atoms with Crippen LogP contribution in [0, 0.1) is 5.92 Å². The molecule has 2 aromatic carbocycles. The predicted octanol–water partition coefficient (Wildman–Crippen LogP) is 4.09. The van der Waals surface area contributed by atoms with Crippen LogP contribution in [0.1, 0.15) is 25.0 Å². The summed E-state index contributed by atoms with van der Waals surface area (Å²) in [6, 6.07) is 14.7. The van der Waals surface area contributed by atoms with E-state index in [1.165, 1.54) is 0 Å². The average Bonchev–Trinajstić information content (AvgIpc) is 2.71. The molecule has 152 valence electrons. The van der Waals surface area contributed by atoms with Crippen LogP contribution < -0.4 is 10.1 Å². The van der Waals surface area contributed by atoms with Gasteiger partial charge in [0.05, 0.1) is 6.61 Å². The van der Waals surface area contributed by atoms with Crippen molar-refractivity contribution >= 4 is 23.5 Å². The molecule has 0 radical (unpaired) electrons. The highest BCUT2D eigenvalue weighted by atomic mass is 32.2. The van der Waals surface area contributed by atoms with E-state index in [-0.39, 0.29) is 25.7 Å². The van der Waals surface area contributed by atoms with Gasteiger partial charge < -0.3 is 19.7 Å². The van der Waals surface area contributed by atoms with Gasteiger partial charge in [0.25, 0.3) is 0 Å². The van der Waals surface area contributed by atoms with Gasteiger partial charge in [0.15, 0.2) is 0 Å². The maximum Gasteiger partial charge on any atom is 0.412 e. The first kappa shape index (κ1) is 22.1. The lowest BCUT2D eigenvalue weighted by Crippen LogP contribution is -2.22. The van der Waals surface area contributed by atoms with Gasteiger partial charge in [0.1, 0.15) is 18.5 Å². The Morgan fingerprint density at radius 2 is 1.75 bits per heavy atom. The first-order chi connectivity index (χ1) is 13.6. The third-order valence-electron chi connectivity index (χ3n) is 4.24. The number of hydrogen-bond acceptors (Lipinski definition) is 6. The van der Waals surface area contributed by atoms with Crippen molar-refractivity contribution in [3.8, 4) is 5.75 Å². The van der Waals surface area contributed by atoms with Crippen LogP contribution in [-0.4, -0.2) is 42.4 Å². The summed E-state index contributed by atoms with van der Waals surface area (Å²) in [5.74, 6) is 0.559. The standard InChI is InChI=1S/C21H27NO5S/c1-15(11-12-23)20(16-3-7-18(8-4-16)26-14-13-24)27-21(25)22-17-5-9-19(28-2)10-6-17/h3-10,15,20,23-24H,11-14H2,1-2H3,(H,22,25)/t15-,20+/m1/s1. The third-order valence-corrected chi connectivity index (χ3v) is 4.98. The topological polar surface area (TPSA) is 88.0 Å². The quantitative estimate of drug-likeness (QED) is 0.516. The molecule has 0 unspecified atom stereocenters. The summed E-state index contributed by atoms with van der Waals surface area (Å²) in [6.07, 6.45) is 1.43. The number of rotatable bonds is 10. The maximum absolute atomic E-state index is 12.4. The molecule has 3 N–H and O–H groups in total. The van der Waals surface area contributed by atoms with Crippen LogP contribution in [0.25, 0.3) is 0 Å². The highest BCUT2D eigenvalue weighted by Gasteiger charge is 2.23. The van der Waals surface area contributed by atoms with E-state index in [1.807, 2.05) is 49.6 Å². The van der Waals surface area contributed by atoms with Crippen molar-refractivity contribution in [3.05, 3.63) is 54.1 Å². The highest BCUT2D eigenvalue weighted by molar-refractivity contribution is 7.98. The number of aliphatic hydroxyl groups excluding tert-OH is 2. The second-order valence-electron chi connectivity index (χ2n) is 6.31. The van der Waals surface area contributed by atoms with Gasteiger partial charge in [-0.25, -0.2) is 4.79 Å². The number of carbonyl (C=O) groups is 1. The molecule has 0 heterocycles. The summed E-state index contributed by atoms with van der Waals surface area (Å²) in [5.41, 5.74) is 1.47. The van der Waals surface area contributed by atoms with Crippen LogP contribution in [0.5, 0.6) is 5.75 Å². The van der Waals surface area contributed by atoms with Crippen molar-refractivity contribution in [2.24, 2.45) is 5.92 Å². The molecule has 2 aromatic rings. The zero-order valence-electron chi connectivity index (χ0n) is 16.1. The SMILES string of the molecule is CSc1ccc(NC(=O)O[C@H](c2ccc(OCCO)cc2)[C@H](C)CCO)cc1. The monoisotopic (exact) mass is 405 g/mol. The van der Waals surface area contributed by atoms with Crippen LogP contribution >= 0.6 is 11.8 Å². The van der Waals surface area contributed by atoms with E-state index >= 15 is 0 Å². The van der Waals surface area contributed by atoms with Crippen molar-refractivity contribution in [2.45, 2.75) is 24.3 Å². The zero-order chi connectivity index (χ0) is 20.4. The Morgan fingerprint density at radius 3 is 2.32 bits per heavy atom. The molecule has 0 bridgehead atoms. The molecule has 28 heavy (non-hydrogen) atoms. The Hall–Kier alpha value is -2.22. The number of carbonyl (C=O) groups excluding carboxylic acids is 1. The Balaban J connectivity index is 2.07. The molecule has 6 nitrogen and oxygen atoms in total. The van der Waals surface area contributed by atoms with Crippen LogP contribution in [0.3, 0.4) is 0 Å². The van der Waals surface area contributed by atoms with Gasteiger partial charge in [0, 0.05) is 17.2 Å². The minimum atomic E-state index is -0.549. The van der Waals surface area contributed by atoms with Crippen LogP contribution in [0.4, 0.5) is 10.5 Å². The van der Waals surface area contributed by atoms with Gasteiger partial charge in [-0.3, -0.25) is 5.32 Å². The number of benzene rings is 2. The van der Waals surface area contributed by atoms with Crippen molar-refractivity contribution in [1.82, 2.24) is 0 Å². The molecular formula is C21H27NO5S. The van der Waals surface area contributed by atoms with E-state index in [9.17, 15) is 9.90 Å². The van der Waals surface area contributed by atoms with Crippen LogP contribution in [0.15, 0.2) is 53.4 Å². The van der Waals surface area contributed by atoms with Gasteiger partial charge in [0.2, 0.25) is 0 Å². The summed E-state index contributed by atoms with van der Waals surface area (Å²) in [5, 5.41) is 20.9. The molecule has 1 amide bonds. The molecule has 2 rings (SSSR count). The van der Waals surface area contributed by atoms with Gasteiger partial charge >= 0.3 is 6.09 Å². The molecule has 0 saturated carbocycles. The Kier molecular flexibility index (Phi) is 9.13. The lowest BCUT2D eigenvalue weighted by Gasteiger charge is -2.24. The summed E-state index contributed by atoms with van der Waals surface area (Å²) < 4.78 is 11.1. The molecule has 0 aliphatic carbocycles. The normalized spacial score (nSPS) is 12.9. The molecule has 0 fully saturated rings. The summed E-state index contributed by atoms with van der Waals surface area (Å²) in [4.78, 5) is 13.5. The highest BCUT2D eigenvalue weighted by Crippen LogP contribution is 2.30. The average molecular weight is 406 g/mol. The second-order valence-corrected chi connectivity index (χ2v) is 7.19. The third kappa shape index (κ3) is 6.74. The number of nitrogens with one attached hydrogen (secondary N) is 1. The maximum atomic E-state index is 12.4. The Bertz CT molecular complexity index is 721. The van der Waals surface area contributed by atoms with E-state index in [1.54, 1.807) is 23.9 Å². The summed E-state index contributed by atoms with van der Waals surface area (Å²) in [6.45, 7) is 2.10. The minimum absolute atomic E-state index is 0.0104. The summed E-state index contributed by atoms with van der Waals surface area (Å²) >= 11 is 1.63. The molecule has 0 saturated heterocycles. The lowest BCUT2D eigenvalue weighted by molar-refractivity contribution is 0.0667. The Morgan fingerprint density at radius 1 is 1.07 bits per heavy atom. The van der Waals surface area contributed by atoms with E-state index in [4.69, 9.17) is 14.6 Å². The smallest absolute Gasteiger partial charge is 0.412 e. The molecule has 7 heteroatoms. The Labute approximate surface area is 169 Å².